The zero-order valence-corrected chi connectivity index (χ0v) is 15.9. The molecular formula is C21H19BrN2O2. The third-order valence-electron chi connectivity index (χ3n) is 4.70. The fourth-order valence-corrected chi connectivity index (χ4v) is 3.74. The number of piperidine rings is 1. The molecule has 0 bridgehead atoms. The van der Waals surface area contributed by atoms with Gasteiger partial charge >= 0.3 is 0 Å². The maximum absolute atomic E-state index is 12.6. The average molecular weight is 411 g/mol. The van der Waals surface area contributed by atoms with Crippen molar-refractivity contribution in [3.63, 3.8) is 0 Å². The molecule has 5 heteroatoms. The van der Waals surface area contributed by atoms with Crippen LogP contribution in [-0.4, -0.2) is 28.9 Å². The van der Waals surface area contributed by atoms with Crippen LogP contribution in [0, 0.1) is 0 Å². The highest BCUT2D eigenvalue weighted by Gasteiger charge is 2.27. The number of hydrogen-bond donors (Lipinski definition) is 0. The van der Waals surface area contributed by atoms with Crippen LogP contribution in [-0.2, 0) is 4.79 Å². The second-order valence-corrected chi connectivity index (χ2v) is 7.35. The van der Waals surface area contributed by atoms with Crippen LogP contribution in [0.2, 0.25) is 0 Å². The van der Waals surface area contributed by atoms with Crippen LogP contribution in [0.25, 0.3) is 17.2 Å². The number of amides is 1. The molecule has 0 radical (unpaired) electrons. The van der Waals surface area contributed by atoms with E-state index >= 15 is 0 Å². The maximum atomic E-state index is 12.6. The van der Waals surface area contributed by atoms with Gasteiger partial charge < -0.3 is 9.32 Å². The summed E-state index contributed by atoms with van der Waals surface area (Å²) in [5.41, 5.74) is 2.67. The predicted octanol–water partition coefficient (Wildman–Crippen LogP) is 5.01. The van der Waals surface area contributed by atoms with Gasteiger partial charge in [-0.2, -0.15) is 0 Å². The highest BCUT2D eigenvalue weighted by Crippen LogP contribution is 2.29. The monoisotopic (exact) mass is 410 g/mol. The Morgan fingerprint density at radius 2 is 2.00 bits per heavy atom. The number of halogens is 1. The Hall–Kier alpha value is -2.40. The van der Waals surface area contributed by atoms with Crippen LogP contribution in [0.4, 0.5) is 0 Å². The molecule has 1 aromatic heterocycles. The number of fused-ring (bicyclic) bond motifs is 1. The summed E-state index contributed by atoms with van der Waals surface area (Å²) in [6.45, 7) is 1.42. The molecule has 132 valence electrons. The summed E-state index contributed by atoms with van der Waals surface area (Å²) in [5, 5.41) is 0. The van der Waals surface area contributed by atoms with Gasteiger partial charge in [0.05, 0.1) is 5.92 Å². The summed E-state index contributed by atoms with van der Waals surface area (Å²) < 4.78 is 6.89. The first kappa shape index (κ1) is 17.0. The minimum Gasteiger partial charge on any atom is -0.440 e. The largest absolute Gasteiger partial charge is 0.440 e. The van der Waals surface area contributed by atoms with Gasteiger partial charge in [0, 0.05) is 23.6 Å². The second-order valence-electron chi connectivity index (χ2n) is 6.50. The van der Waals surface area contributed by atoms with Crippen LogP contribution in [0.15, 0.2) is 63.5 Å². The number of oxazole rings is 1. The third-order valence-corrected chi connectivity index (χ3v) is 5.43. The molecule has 1 atom stereocenters. The van der Waals surface area contributed by atoms with E-state index in [1.165, 1.54) is 0 Å². The Morgan fingerprint density at radius 1 is 1.19 bits per heavy atom. The van der Waals surface area contributed by atoms with Crippen LogP contribution >= 0.6 is 15.9 Å². The summed E-state index contributed by atoms with van der Waals surface area (Å²) in [5.74, 6) is 0.914. The number of para-hydroxylation sites is 2. The Kier molecular flexibility index (Phi) is 4.89. The van der Waals surface area contributed by atoms with Crippen LogP contribution in [0.1, 0.15) is 30.2 Å². The molecule has 1 saturated heterocycles. The van der Waals surface area contributed by atoms with E-state index in [2.05, 4.69) is 20.9 Å². The van der Waals surface area contributed by atoms with Gasteiger partial charge in [0.2, 0.25) is 5.91 Å². The molecule has 4 rings (SSSR count). The molecule has 2 aromatic carbocycles. The zero-order valence-electron chi connectivity index (χ0n) is 14.3. The molecule has 4 nitrogen and oxygen atoms in total. The molecule has 2 heterocycles. The molecule has 0 spiro atoms. The van der Waals surface area contributed by atoms with Crippen molar-refractivity contribution in [2.45, 2.75) is 18.8 Å². The summed E-state index contributed by atoms with van der Waals surface area (Å²) in [6, 6.07) is 15.6. The Balaban J connectivity index is 1.47. The second kappa shape index (κ2) is 7.46. The number of aromatic nitrogens is 1. The summed E-state index contributed by atoms with van der Waals surface area (Å²) in [6.07, 6.45) is 5.45. The van der Waals surface area contributed by atoms with Crippen molar-refractivity contribution in [3.05, 3.63) is 70.5 Å². The first-order valence-corrected chi connectivity index (χ1v) is 9.57. The van der Waals surface area contributed by atoms with Gasteiger partial charge in [-0.3, -0.25) is 4.79 Å². The van der Waals surface area contributed by atoms with Gasteiger partial charge in [0.15, 0.2) is 11.5 Å². The number of carbonyl (C=O) groups excluding carboxylic acids is 1. The lowest BCUT2D eigenvalue weighted by Crippen LogP contribution is -2.38. The van der Waals surface area contributed by atoms with Gasteiger partial charge in [-0.25, -0.2) is 4.98 Å². The van der Waals surface area contributed by atoms with E-state index < -0.39 is 0 Å². The maximum Gasteiger partial charge on any atom is 0.246 e. The van der Waals surface area contributed by atoms with E-state index in [9.17, 15) is 4.79 Å². The zero-order chi connectivity index (χ0) is 17.9. The Morgan fingerprint density at radius 3 is 2.85 bits per heavy atom. The van der Waals surface area contributed by atoms with Gasteiger partial charge in [-0.15, -0.1) is 0 Å². The van der Waals surface area contributed by atoms with E-state index in [4.69, 9.17) is 4.42 Å². The van der Waals surface area contributed by atoms with Crippen molar-refractivity contribution in [1.82, 2.24) is 9.88 Å². The molecule has 1 fully saturated rings. The normalized spacial score (nSPS) is 17.9. The van der Waals surface area contributed by atoms with E-state index in [-0.39, 0.29) is 11.8 Å². The molecule has 1 amide bonds. The fraction of sp³-hybridized carbons (Fsp3) is 0.238. The van der Waals surface area contributed by atoms with Gasteiger partial charge in [-0.1, -0.05) is 46.3 Å². The first-order chi connectivity index (χ1) is 12.7. The number of rotatable bonds is 3. The molecular weight excluding hydrogens is 392 g/mol. The van der Waals surface area contributed by atoms with E-state index in [1.807, 2.05) is 59.5 Å². The lowest BCUT2D eigenvalue weighted by Gasteiger charge is -2.30. The molecule has 0 aliphatic carbocycles. The summed E-state index contributed by atoms with van der Waals surface area (Å²) >= 11 is 3.50. The smallest absolute Gasteiger partial charge is 0.246 e. The number of hydrogen-bond acceptors (Lipinski definition) is 3. The highest BCUT2D eigenvalue weighted by molar-refractivity contribution is 9.10. The fourth-order valence-electron chi connectivity index (χ4n) is 3.32. The minimum atomic E-state index is 0.0292. The molecule has 1 aliphatic rings. The Bertz CT molecular complexity index is 930. The van der Waals surface area contributed by atoms with Crippen molar-refractivity contribution in [2.24, 2.45) is 0 Å². The molecule has 1 aliphatic heterocycles. The standard InChI is InChI=1S/C21H19BrN2O2/c22-17-8-2-1-6-15(17)11-12-20(25)24-13-5-7-16(14-24)21-23-18-9-3-4-10-19(18)26-21/h1-4,6,8-12,16H,5,7,13-14H2/b12-11-/t16-/m0/s1. The van der Waals surface area contributed by atoms with Crippen LogP contribution in [0.5, 0.6) is 0 Å². The van der Waals surface area contributed by atoms with E-state index in [0.717, 1.165) is 46.4 Å². The lowest BCUT2D eigenvalue weighted by atomic mass is 9.98. The molecule has 0 N–H and O–H groups in total. The quantitative estimate of drug-likeness (QED) is 0.570. The van der Waals surface area contributed by atoms with Gasteiger partial charge in [0.1, 0.15) is 5.52 Å². The predicted molar refractivity (Wildman–Crippen MR) is 106 cm³/mol. The summed E-state index contributed by atoms with van der Waals surface area (Å²) in [7, 11) is 0. The number of carbonyl (C=O) groups is 1. The lowest BCUT2D eigenvalue weighted by molar-refractivity contribution is -0.127. The topological polar surface area (TPSA) is 46.3 Å². The van der Waals surface area contributed by atoms with Crippen molar-refractivity contribution in [3.8, 4) is 0 Å². The number of benzene rings is 2. The third kappa shape index (κ3) is 3.58. The van der Waals surface area contributed by atoms with Crippen LogP contribution < -0.4 is 0 Å². The Labute approximate surface area is 160 Å². The van der Waals surface area contributed by atoms with Crippen molar-refractivity contribution in [1.29, 1.82) is 0 Å². The van der Waals surface area contributed by atoms with Crippen molar-refractivity contribution in [2.75, 3.05) is 13.1 Å². The molecule has 3 aromatic rings. The molecule has 0 saturated carbocycles. The molecule has 0 unspecified atom stereocenters. The van der Waals surface area contributed by atoms with Crippen LogP contribution in [0.3, 0.4) is 0 Å². The van der Waals surface area contributed by atoms with Gasteiger partial charge in [0.25, 0.3) is 0 Å². The van der Waals surface area contributed by atoms with Crippen molar-refractivity contribution >= 4 is 39.0 Å². The average Bonchev–Trinajstić information content (AvgIpc) is 3.11. The van der Waals surface area contributed by atoms with Crippen molar-refractivity contribution < 1.29 is 9.21 Å². The van der Waals surface area contributed by atoms with Gasteiger partial charge in [-0.05, 0) is 42.7 Å². The SMILES string of the molecule is O=C(/C=C\c1ccccc1Br)N1CCC[C@H](c2nc3ccccc3o2)C1. The first-order valence-electron chi connectivity index (χ1n) is 8.78. The highest BCUT2D eigenvalue weighted by atomic mass is 79.9. The number of likely N-dealkylation sites (tertiary alicyclic amines) is 1. The number of nitrogens with zero attached hydrogens (tertiary/aromatic N) is 2. The van der Waals surface area contributed by atoms with E-state index in [0.29, 0.717) is 6.54 Å². The summed E-state index contributed by atoms with van der Waals surface area (Å²) in [4.78, 5) is 19.1. The molecule has 26 heavy (non-hydrogen) atoms. The van der Waals surface area contributed by atoms with E-state index in [1.54, 1.807) is 6.08 Å². The minimum absolute atomic E-state index is 0.0292.